The average Bonchev–Trinajstić information content (AvgIpc) is 2.87. The van der Waals surface area contributed by atoms with Crippen molar-refractivity contribution in [2.24, 2.45) is 0 Å². The number of nitrogens with zero attached hydrogens (tertiary/aromatic N) is 3. The molecule has 1 aromatic heterocycles. The van der Waals surface area contributed by atoms with Crippen LogP contribution in [-0.4, -0.2) is 33.5 Å². The molecule has 0 aliphatic heterocycles. The molecule has 128 valence electrons. The SMILES string of the molecule is C=CCn1c(COC)nnc1SCC(=O)Nc1cc(Cl)cc(Cl)c1. The number of anilines is 1. The highest BCUT2D eigenvalue weighted by Gasteiger charge is 2.13. The summed E-state index contributed by atoms with van der Waals surface area (Å²) >= 11 is 13.1. The van der Waals surface area contributed by atoms with Crippen molar-refractivity contribution in [3.8, 4) is 0 Å². The van der Waals surface area contributed by atoms with Gasteiger partial charge in [-0.2, -0.15) is 0 Å². The van der Waals surface area contributed by atoms with Gasteiger partial charge in [0, 0.05) is 29.4 Å². The van der Waals surface area contributed by atoms with Crippen LogP contribution in [0, 0.1) is 0 Å². The molecule has 6 nitrogen and oxygen atoms in total. The maximum Gasteiger partial charge on any atom is 0.234 e. The minimum absolute atomic E-state index is 0.173. The van der Waals surface area contributed by atoms with Crippen LogP contribution < -0.4 is 5.32 Å². The van der Waals surface area contributed by atoms with Crippen molar-refractivity contribution >= 4 is 46.6 Å². The lowest BCUT2D eigenvalue weighted by Crippen LogP contribution is -2.15. The van der Waals surface area contributed by atoms with Crippen molar-refractivity contribution in [2.45, 2.75) is 18.3 Å². The Hall–Kier alpha value is -1.54. The summed E-state index contributed by atoms with van der Waals surface area (Å²) in [5.41, 5.74) is 0.547. The number of thioether (sulfide) groups is 1. The maximum absolute atomic E-state index is 12.1. The summed E-state index contributed by atoms with van der Waals surface area (Å²) in [7, 11) is 1.59. The normalized spacial score (nSPS) is 10.6. The number of ether oxygens (including phenoxy) is 1. The topological polar surface area (TPSA) is 69.0 Å². The number of carbonyl (C=O) groups excluding carboxylic acids is 1. The third-order valence-corrected chi connectivity index (χ3v) is 4.26. The Kier molecular flexibility index (Phi) is 7.11. The summed E-state index contributed by atoms with van der Waals surface area (Å²) in [6, 6.07) is 4.86. The lowest BCUT2D eigenvalue weighted by molar-refractivity contribution is -0.113. The van der Waals surface area contributed by atoms with Crippen molar-refractivity contribution in [2.75, 3.05) is 18.2 Å². The fraction of sp³-hybridized carbons (Fsp3) is 0.267. The Balaban J connectivity index is 1.99. The standard InChI is InChI=1S/C15H16Cl2N4O2S/c1-3-4-21-13(8-23-2)19-20-15(21)24-9-14(22)18-12-6-10(16)5-11(17)7-12/h3,5-7H,1,4,8-9H2,2H3,(H,18,22). The smallest absolute Gasteiger partial charge is 0.234 e. The van der Waals surface area contributed by atoms with E-state index in [0.29, 0.717) is 39.9 Å². The number of benzene rings is 1. The van der Waals surface area contributed by atoms with Gasteiger partial charge in [-0.05, 0) is 18.2 Å². The molecule has 0 spiro atoms. The molecular weight excluding hydrogens is 371 g/mol. The third-order valence-electron chi connectivity index (χ3n) is 2.86. The van der Waals surface area contributed by atoms with E-state index >= 15 is 0 Å². The number of hydrogen-bond acceptors (Lipinski definition) is 5. The largest absolute Gasteiger partial charge is 0.377 e. The number of halogens is 2. The van der Waals surface area contributed by atoms with Crippen LogP contribution in [0.25, 0.3) is 0 Å². The van der Waals surface area contributed by atoms with Gasteiger partial charge in [0.2, 0.25) is 5.91 Å². The van der Waals surface area contributed by atoms with Crippen LogP contribution in [0.1, 0.15) is 5.82 Å². The molecule has 0 radical (unpaired) electrons. The molecule has 2 rings (SSSR count). The van der Waals surface area contributed by atoms with E-state index < -0.39 is 0 Å². The second-order valence-electron chi connectivity index (χ2n) is 4.73. The molecular formula is C15H16Cl2N4O2S. The van der Waals surface area contributed by atoms with Crippen molar-refractivity contribution < 1.29 is 9.53 Å². The maximum atomic E-state index is 12.1. The molecule has 0 saturated carbocycles. The van der Waals surface area contributed by atoms with Gasteiger partial charge in [0.25, 0.3) is 0 Å². The van der Waals surface area contributed by atoms with Crippen LogP contribution in [0.5, 0.6) is 0 Å². The van der Waals surface area contributed by atoms with Crippen molar-refractivity contribution in [1.82, 2.24) is 14.8 Å². The Bertz CT molecular complexity index is 716. The fourth-order valence-electron chi connectivity index (χ4n) is 1.93. The summed E-state index contributed by atoms with van der Waals surface area (Å²) < 4.78 is 6.94. The predicted octanol–water partition coefficient (Wildman–Crippen LogP) is 3.65. The molecule has 0 fully saturated rings. The van der Waals surface area contributed by atoms with Crippen LogP contribution in [0.4, 0.5) is 5.69 Å². The molecule has 1 N–H and O–H groups in total. The highest BCUT2D eigenvalue weighted by Crippen LogP contribution is 2.23. The molecule has 9 heteroatoms. The zero-order valence-electron chi connectivity index (χ0n) is 13.0. The molecule has 1 heterocycles. The van der Waals surface area contributed by atoms with Gasteiger partial charge >= 0.3 is 0 Å². The fourth-order valence-corrected chi connectivity index (χ4v) is 3.22. The Morgan fingerprint density at radius 3 is 2.71 bits per heavy atom. The van der Waals surface area contributed by atoms with E-state index in [-0.39, 0.29) is 11.7 Å². The molecule has 0 saturated heterocycles. The van der Waals surface area contributed by atoms with Crippen LogP contribution in [-0.2, 0) is 22.7 Å². The third kappa shape index (κ3) is 5.24. The van der Waals surface area contributed by atoms with Gasteiger partial charge in [-0.1, -0.05) is 41.0 Å². The van der Waals surface area contributed by atoms with E-state index in [9.17, 15) is 4.79 Å². The Morgan fingerprint density at radius 2 is 2.08 bits per heavy atom. The Morgan fingerprint density at radius 1 is 1.38 bits per heavy atom. The van der Waals surface area contributed by atoms with Gasteiger partial charge in [0.15, 0.2) is 11.0 Å². The zero-order chi connectivity index (χ0) is 17.5. The second-order valence-corrected chi connectivity index (χ2v) is 6.54. The summed E-state index contributed by atoms with van der Waals surface area (Å²) in [6.07, 6.45) is 1.74. The highest BCUT2D eigenvalue weighted by atomic mass is 35.5. The monoisotopic (exact) mass is 386 g/mol. The number of hydrogen-bond donors (Lipinski definition) is 1. The van der Waals surface area contributed by atoms with Gasteiger partial charge in [0.05, 0.1) is 5.75 Å². The number of nitrogens with one attached hydrogen (secondary N) is 1. The highest BCUT2D eigenvalue weighted by molar-refractivity contribution is 7.99. The van der Waals surface area contributed by atoms with E-state index in [2.05, 4.69) is 22.1 Å². The van der Waals surface area contributed by atoms with Gasteiger partial charge in [0.1, 0.15) is 6.61 Å². The Labute approximate surface area is 154 Å². The molecule has 2 aromatic rings. The summed E-state index contributed by atoms with van der Waals surface area (Å²) in [5.74, 6) is 0.661. The predicted molar refractivity (Wildman–Crippen MR) is 96.7 cm³/mol. The van der Waals surface area contributed by atoms with Crippen LogP contribution in [0.3, 0.4) is 0 Å². The molecule has 1 amide bonds. The number of methoxy groups -OCH3 is 1. The first-order valence-electron chi connectivity index (χ1n) is 6.94. The lowest BCUT2D eigenvalue weighted by atomic mass is 10.3. The van der Waals surface area contributed by atoms with Crippen molar-refractivity contribution in [3.63, 3.8) is 0 Å². The first-order valence-corrected chi connectivity index (χ1v) is 8.68. The van der Waals surface area contributed by atoms with E-state index in [1.54, 1.807) is 31.4 Å². The first kappa shape index (κ1) is 18.8. The molecule has 24 heavy (non-hydrogen) atoms. The van der Waals surface area contributed by atoms with Crippen LogP contribution >= 0.6 is 35.0 Å². The lowest BCUT2D eigenvalue weighted by Gasteiger charge is -2.08. The molecule has 0 aliphatic rings. The molecule has 0 bridgehead atoms. The molecule has 0 unspecified atom stereocenters. The number of amides is 1. The van der Waals surface area contributed by atoms with Gasteiger partial charge < -0.3 is 14.6 Å². The minimum Gasteiger partial charge on any atom is -0.377 e. The number of carbonyl (C=O) groups is 1. The quantitative estimate of drug-likeness (QED) is 0.553. The molecule has 0 atom stereocenters. The van der Waals surface area contributed by atoms with Gasteiger partial charge in [-0.25, -0.2) is 0 Å². The number of allylic oxidation sites excluding steroid dienone is 1. The van der Waals surface area contributed by atoms with E-state index in [1.807, 2.05) is 4.57 Å². The summed E-state index contributed by atoms with van der Waals surface area (Å²) in [5, 5.41) is 12.4. The first-order chi connectivity index (χ1) is 11.5. The van der Waals surface area contributed by atoms with Crippen molar-refractivity contribution in [3.05, 3.63) is 46.7 Å². The average molecular weight is 387 g/mol. The molecule has 1 aromatic carbocycles. The van der Waals surface area contributed by atoms with Crippen molar-refractivity contribution in [1.29, 1.82) is 0 Å². The second kappa shape index (κ2) is 9.08. The van der Waals surface area contributed by atoms with Gasteiger partial charge in [-0.15, -0.1) is 16.8 Å². The van der Waals surface area contributed by atoms with E-state index in [0.717, 1.165) is 0 Å². The van der Waals surface area contributed by atoms with Crippen LogP contribution in [0.15, 0.2) is 36.0 Å². The summed E-state index contributed by atoms with van der Waals surface area (Å²) in [4.78, 5) is 12.1. The van der Waals surface area contributed by atoms with E-state index in [1.165, 1.54) is 11.8 Å². The number of rotatable bonds is 8. The zero-order valence-corrected chi connectivity index (χ0v) is 15.3. The summed E-state index contributed by atoms with van der Waals surface area (Å²) in [6.45, 7) is 4.60. The van der Waals surface area contributed by atoms with E-state index in [4.69, 9.17) is 27.9 Å². The van der Waals surface area contributed by atoms with Crippen LogP contribution in [0.2, 0.25) is 10.0 Å². The number of aromatic nitrogens is 3. The minimum atomic E-state index is -0.195. The molecule has 0 aliphatic carbocycles. The van der Waals surface area contributed by atoms with Gasteiger partial charge in [-0.3, -0.25) is 4.79 Å².